The highest BCUT2D eigenvalue weighted by atomic mass is 35.5. The third kappa shape index (κ3) is 4.31. The Kier molecular flexibility index (Phi) is 6.42. The summed E-state index contributed by atoms with van der Waals surface area (Å²) in [6.07, 6.45) is 1.13. The minimum absolute atomic E-state index is 0. The van der Waals surface area contributed by atoms with Crippen LogP contribution in [0.25, 0.3) is 0 Å². The monoisotopic (exact) mass is 386 g/mol. The van der Waals surface area contributed by atoms with Crippen molar-refractivity contribution in [2.75, 3.05) is 39.8 Å². The molecule has 0 radical (unpaired) electrons. The number of carbonyl (C=O) groups is 1. The lowest BCUT2D eigenvalue weighted by molar-refractivity contribution is -0.131. The topological polar surface area (TPSA) is 82.1 Å². The molecule has 1 N–H and O–H groups in total. The molecule has 0 saturated carbocycles. The highest BCUT2D eigenvalue weighted by Crippen LogP contribution is 2.26. The molecule has 0 aromatic heterocycles. The number of nitrogens with one attached hydrogen (secondary N) is 1. The SMILES string of the molecule is CN(CCCC(=O)N1CCNCC1)C1=NS(=O)(=O)c2ccccc21.Cl. The molecule has 0 aliphatic carbocycles. The maximum absolute atomic E-state index is 12.2. The number of rotatable bonds is 4. The second-order valence-electron chi connectivity index (χ2n) is 6.04. The summed E-state index contributed by atoms with van der Waals surface area (Å²) in [6.45, 7) is 3.79. The van der Waals surface area contributed by atoms with Crippen LogP contribution in [0.5, 0.6) is 0 Å². The normalized spacial score (nSPS) is 18.1. The van der Waals surface area contributed by atoms with Crippen LogP contribution in [0.4, 0.5) is 0 Å². The highest BCUT2D eigenvalue weighted by Gasteiger charge is 2.30. The first-order valence-corrected chi connectivity index (χ1v) is 9.57. The summed E-state index contributed by atoms with van der Waals surface area (Å²) in [6, 6.07) is 6.84. The number of nitrogens with zero attached hydrogens (tertiary/aromatic N) is 3. The molecule has 9 heteroatoms. The molecule has 3 rings (SSSR count). The summed E-state index contributed by atoms with van der Waals surface area (Å²) in [4.78, 5) is 16.1. The molecule has 2 aliphatic rings. The van der Waals surface area contributed by atoms with Gasteiger partial charge in [-0.25, -0.2) is 0 Å². The lowest BCUT2D eigenvalue weighted by atomic mass is 10.2. The Labute approximate surface area is 154 Å². The molecule has 25 heavy (non-hydrogen) atoms. The number of hydrogen-bond acceptors (Lipinski definition) is 5. The van der Waals surface area contributed by atoms with Crippen LogP contribution in [0.3, 0.4) is 0 Å². The van der Waals surface area contributed by atoms with Crippen LogP contribution >= 0.6 is 12.4 Å². The molecule has 0 unspecified atom stereocenters. The quantitative estimate of drug-likeness (QED) is 0.823. The van der Waals surface area contributed by atoms with E-state index in [1.54, 1.807) is 24.3 Å². The van der Waals surface area contributed by atoms with Crippen molar-refractivity contribution < 1.29 is 13.2 Å². The second kappa shape index (κ2) is 8.16. The molecule has 0 bridgehead atoms. The fourth-order valence-corrected chi connectivity index (χ4v) is 4.26. The van der Waals surface area contributed by atoms with Gasteiger partial charge in [0.2, 0.25) is 5.91 Å². The minimum Gasteiger partial charge on any atom is -0.358 e. The zero-order valence-corrected chi connectivity index (χ0v) is 15.8. The van der Waals surface area contributed by atoms with E-state index in [2.05, 4.69) is 9.71 Å². The Hall–Kier alpha value is -1.64. The van der Waals surface area contributed by atoms with E-state index < -0.39 is 10.0 Å². The number of amidine groups is 1. The Balaban J connectivity index is 0.00000225. The van der Waals surface area contributed by atoms with E-state index in [0.29, 0.717) is 30.8 Å². The zero-order chi connectivity index (χ0) is 17.2. The maximum atomic E-state index is 12.2. The van der Waals surface area contributed by atoms with Gasteiger partial charge >= 0.3 is 0 Å². The van der Waals surface area contributed by atoms with E-state index in [4.69, 9.17) is 0 Å². The molecule has 0 spiro atoms. The number of carbonyl (C=O) groups excluding carboxylic acids is 1. The average molecular weight is 387 g/mol. The standard InChI is InChI=1S/C16H22N4O3S.ClH/c1-19(10-4-7-15(21)20-11-8-17-9-12-20)16-13-5-2-3-6-14(13)24(22,23)18-16;/h2-3,5-6,17H,4,7-12H2,1H3;1H. The van der Waals surface area contributed by atoms with Crippen LogP contribution in [-0.2, 0) is 14.8 Å². The molecule has 1 aromatic rings. The predicted octanol–water partition coefficient (Wildman–Crippen LogP) is 0.701. The third-order valence-electron chi connectivity index (χ3n) is 4.33. The number of piperazine rings is 1. The van der Waals surface area contributed by atoms with Crippen molar-refractivity contribution in [3.05, 3.63) is 29.8 Å². The molecule has 2 heterocycles. The minimum atomic E-state index is -3.59. The van der Waals surface area contributed by atoms with Gasteiger partial charge in [0.1, 0.15) is 10.7 Å². The van der Waals surface area contributed by atoms with Crippen molar-refractivity contribution >= 4 is 34.2 Å². The highest BCUT2D eigenvalue weighted by molar-refractivity contribution is 7.90. The molecule has 0 atom stereocenters. The molecule has 1 aromatic carbocycles. The van der Waals surface area contributed by atoms with Gasteiger partial charge in [-0.3, -0.25) is 4.79 Å². The van der Waals surface area contributed by atoms with Gasteiger partial charge < -0.3 is 15.1 Å². The number of sulfonamides is 1. The molecule has 138 valence electrons. The van der Waals surface area contributed by atoms with Gasteiger partial charge in [0.05, 0.1) is 0 Å². The van der Waals surface area contributed by atoms with Gasteiger partial charge in [0, 0.05) is 51.8 Å². The molecular weight excluding hydrogens is 364 g/mol. The van der Waals surface area contributed by atoms with Crippen LogP contribution in [0.2, 0.25) is 0 Å². The summed E-state index contributed by atoms with van der Waals surface area (Å²) < 4.78 is 28.0. The summed E-state index contributed by atoms with van der Waals surface area (Å²) in [7, 11) is -1.78. The first kappa shape index (κ1) is 19.7. The lowest BCUT2D eigenvalue weighted by Crippen LogP contribution is -2.46. The summed E-state index contributed by atoms with van der Waals surface area (Å²) in [5.74, 6) is 0.617. The third-order valence-corrected chi connectivity index (χ3v) is 5.65. The van der Waals surface area contributed by atoms with Gasteiger partial charge in [-0.15, -0.1) is 16.8 Å². The molecule has 1 fully saturated rings. The molecule has 1 saturated heterocycles. The Morgan fingerprint density at radius 1 is 1.28 bits per heavy atom. The van der Waals surface area contributed by atoms with E-state index in [1.807, 2.05) is 16.8 Å². The first-order chi connectivity index (χ1) is 11.5. The predicted molar refractivity (Wildman–Crippen MR) is 98.7 cm³/mol. The number of hydrogen-bond donors (Lipinski definition) is 1. The van der Waals surface area contributed by atoms with Gasteiger partial charge in [-0.05, 0) is 18.6 Å². The summed E-state index contributed by atoms with van der Waals surface area (Å²) in [5, 5.41) is 3.22. The Morgan fingerprint density at radius 2 is 1.96 bits per heavy atom. The Bertz CT molecular complexity index is 760. The fourth-order valence-electron chi connectivity index (χ4n) is 3.01. The molecule has 1 amide bonds. The molecule has 7 nitrogen and oxygen atoms in total. The van der Waals surface area contributed by atoms with E-state index >= 15 is 0 Å². The van der Waals surface area contributed by atoms with Crippen LogP contribution in [0.15, 0.2) is 33.6 Å². The van der Waals surface area contributed by atoms with E-state index in [0.717, 1.165) is 26.2 Å². The number of benzene rings is 1. The van der Waals surface area contributed by atoms with Crippen LogP contribution < -0.4 is 5.32 Å². The first-order valence-electron chi connectivity index (χ1n) is 8.13. The van der Waals surface area contributed by atoms with Gasteiger partial charge in [0.25, 0.3) is 10.0 Å². The van der Waals surface area contributed by atoms with Gasteiger partial charge in [0.15, 0.2) is 0 Å². The number of halogens is 1. The van der Waals surface area contributed by atoms with Crippen molar-refractivity contribution in [1.82, 2.24) is 15.1 Å². The van der Waals surface area contributed by atoms with E-state index in [-0.39, 0.29) is 23.2 Å². The van der Waals surface area contributed by atoms with Crippen molar-refractivity contribution in [3.63, 3.8) is 0 Å². The number of amides is 1. The van der Waals surface area contributed by atoms with Crippen molar-refractivity contribution in [2.45, 2.75) is 17.7 Å². The second-order valence-corrected chi connectivity index (χ2v) is 7.61. The summed E-state index contributed by atoms with van der Waals surface area (Å²) >= 11 is 0. The summed E-state index contributed by atoms with van der Waals surface area (Å²) in [5.41, 5.74) is 0.633. The van der Waals surface area contributed by atoms with E-state index in [9.17, 15) is 13.2 Å². The van der Waals surface area contributed by atoms with Crippen LogP contribution in [0, 0.1) is 0 Å². The van der Waals surface area contributed by atoms with Crippen LogP contribution in [-0.4, -0.2) is 69.7 Å². The smallest absolute Gasteiger partial charge is 0.285 e. The fraction of sp³-hybridized carbons (Fsp3) is 0.500. The van der Waals surface area contributed by atoms with Crippen molar-refractivity contribution in [1.29, 1.82) is 0 Å². The van der Waals surface area contributed by atoms with Crippen molar-refractivity contribution in [2.24, 2.45) is 4.40 Å². The largest absolute Gasteiger partial charge is 0.358 e. The zero-order valence-electron chi connectivity index (χ0n) is 14.1. The lowest BCUT2D eigenvalue weighted by Gasteiger charge is -2.27. The maximum Gasteiger partial charge on any atom is 0.285 e. The van der Waals surface area contributed by atoms with Gasteiger partial charge in [-0.2, -0.15) is 8.42 Å². The number of fused-ring (bicyclic) bond motifs is 1. The van der Waals surface area contributed by atoms with Crippen molar-refractivity contribution in [3.8, 4) is 0 Å². The molecule has 2 aliphatic heterocycles. The van der Waals surface area contributed by atoms with E-state index in [1.165, 1.54) is 0 Å². The van der Waals surface area contributed by atoms with Gasteiger partial charge in [-0.1, -0.05) is 12.1 Å². The average Bonchev–Trinajstić information content (AvgIpc) is 2.87. The molecular formula is C16H23ClN4O3S. The van der Waals surface area contributed by atoms with Crippen LogP contribution in [0.1, 0.15) is 18.4 Å². The Morgan fingerprint density at radius 3 is 2.68 bits per heavy atom.